The van der Waals surface area contributed by atoms with Gasteiger partial charge in [0, 0.05) is 5.97 Å². The molecule has 1 unspecified atom stereocenters. The summed E-state index contributed by atoms with van der Waals surface area (Å²) in [6, 6.07) is 7.91. The fourth-order valence-electron chi connectivity index (χ4n) is 3.04. The monoisotopic (exact) mass is 311 g/mol. The van der Waals surface area contributed by atoms with Crippen molar-refractivity contribution in [3.63, 3.8) is 0 Å². The number of ether oxygens (including phenoxy) is 1. The molecule has 1 atom stereocenters. The van der Waals surface area contributed by atoms with Gasteiger partial charge in [-0.2, -0.15) is 0 Å². The van der Waals surface area contributed by atoms with Crippen molar-refractivity contribution in [2.45, 2.75) is 64.1 Å². The molecule has 0 spiro atoms. The Morgan fingerprint density at radius 3 is 2.26 bits per heavy atom. The zero-order chi connectivity index (χ0) is 16.7. The fourth-order valence-corrected chi connectivity index (χ4v) is 3.04. The summed E-state index contributed by atoms with van der Waals surface area (Å²) in [6.45, 7) is 8.35. The van der Waals surface area contributed by atoms with Crippen LogP contribution in [0.25, 0.3) is 0 Å². The van der Waals surface area contributed by atoms with Gasteiger partial charge in [-0.15, -0.1) is 0 Å². The topological polar surface area (TPSA) is 51.5 Å². The smallest absolute Gasteiger partial charge is 0.491 e. The molecule has 0 saturated carbocycles. The molecule has 1 aromatic carbocycles. The Bertz CT molecular complexity index is 593. The lowest BCUT2D eigenvalue weighted by Gasteiger charge is -2.32. The zero-order valence-electron chi connectivity index (χ0n) is 14.3. The van der Waals surface area contributed by atoms with Crippen LogP contribution in [0.2, 0.25) is 12.6 Å². The van der Waals surface area contributed by atoms with Gasteiger partial charge in [0.25, 0.3) is 6.71 Å². The van der Waals surface area contributed by atoms with E-state index in [1.54, 1.807) is 0 Å². The summed E-state index contributed by atoms with van der Waals surface area (Å²) in [5.41, 5.74) is 0.337. The van der Waals surface area contributed by atoms with Crippen LogP contribution >= 0.6 is 0 Å². The molecule has 2 fully saturated rings. The first-order valence-electron chi connectivity index (χ1n) is 8.32. The highest BCUT2D eigenvalue weighted by Gasteiger charge is 2.51. The van der Waals surface area contributed by atoms with Gasteiger partial charge in [0.2, 0.25) is 0 Å². The van der Waals surface area contributed by atoms with Crippen molar-refractivity contribution in [3.05, 3.63) is 24.3 Å². The van der Waals surface area contributed by atoms with E-state index in [0.29, 0.717) is 0 Å². The third-order valence-corrected chi connectivity index (χ3v) is 5.28. The normalized spacial score (nSPS) is 25.4. The van der Waals surface area contributed by atoms with Crippen molar-refractivity contribution >= 4 is 19.3 Å². The quantitative estimate of drug-likeness (QED) is 0.805. The first-order chi connectivity index (χ1) is 10.8. The summed E-state index contributed by atoms with van der Waals surface area (Å²) in [7, 11) is -0.344. The Hall–Kier alpha value is -1.44. The molecule has 2 saturated heterocycles. The van der Waals surface area contributed by atoms with Crippen molar-refractivity contribution in [2.75, 3.05) is 0 Å². The van der Waals surface area contributed by atoms with Gasteiger partial charge in [0.15, 0.2) is 0 Å². The molecular formula is C17H23B2NO3. The maximum absolute atomic E-state index is 8.96. The summed E-state index contributed by atoms with van der Waals surface area (Å²) in [5, 5.41) is 8.96. The number of hydrogen-bond acceptors (Lipinski definition) is 4. The fraction of sp³-hybridized carbons (Fsp3) is 0.588. The lowest BCUT2D eigenvalue weighted by atomic mass is 9.50. The van der Waals surface area contributed by atoms with Gasteiger partial charge < -0.3 is 14.0 Å². The summed E-state index contributed by atoms with van der Waals surface area (Å²) in [6.07, 6.45) is 2.88. The summed E-state index contributed by atoms with van der Waals surface area (Å²) in [4.78, 5) is 0. The highest BCUT2D eigenvalue weighted by molar-refractivity contribution is 6.67. The predicted octanol–water partition coefficient (Wildman–Crippen LogP) is 2.69. The first kappa shape index (κ1) is 16.4. The van der Waals surface area contributed by atoms with Crippen molar-refractivity contribution in [1.82, 2.24) is 0 Å². The largest absolute Gasteiger partial charge is 0.494 e. The maximum Gasteiger partial charge on any atom is 0.494 e. The van der Waals surface area contributed by atoms with Crippen LogP contribution in [0.5, 0.6) is 5.75 Å². The predicted molar refractivity (Wildman–Crippen MR) is 92.2 cm³/mol. The zero-order valence-corrected chi connectivity index (χ0v) is 14.3. The second kappa shape index (κ2) is 5.88. The van der Waals surface area contributed by atoms with Crippen molar-refractivity contribution in [3.8, 4) is 11.7 Å². The first-order valence-corrected chi connectivity index (χ1v) is 8.32. The summed E-state index contributed by atoms with van der Waals surface area (Å²) < 4.78 is 18.1. The van der Waals surface area contributed by atoms with E-state index in [0.717, 1.165) is 30.3 Å². The van der Waals surface area contributed by atoms with Crippen molar-refractivity contribution in [1.29, 1.82) is 5.26 Å². The molecule has 0 aromatic heterocycles. The van der Waals surface area contributed by atoms with Crippen molar-refractivity contribution < 1.29 is 14.0 Å². The van der Waals surface area contributed by atoms with Gasteiger partial charge in [-0.25, -0.2) is 5.26 Å². The van der Waals surface area contributed by atoms with Crippen LogP contribution in [-0.2, 0) is 9.31 Å². The summed E-state index contributed by atoms with van der Waals surface area (Å²) >= 11 is 0. The van der Waals surface area contributed by atoms with Gasteiger partial charge in [0.1, 0.15) is 5.75 Å². The molecule has 2 aliphatic rings. The number of benzene rings is 1. The Morgan fingerprint density at radius 2 is 1.74 bits per heavy atom. The van der Waals surface area contributed by atoms with Crippen LogP contribution in [0.4, 0.5) is 0 Å². The number of hydrogen-bond donors (Lipinski definition) is 0. The van der Waals surface area contributed by atoms with E-state index < -0.39 is 0 Å². The molecule has 2 aliphatic heterocycles. The number of nitrogens with zero attached hydrogens (tertiary/aromatic N) is 1. The van der Waals surface area contributed by atoms with E-state index in [4.69, 9.17) is 19.3 Å². The molecule has 0 amide bonds. The van der Waals surface area contributed by atoms with Crippen LogP contribution in [0.1, 0.15) is 34.1 Å². The van der Waals surface area contributed by atoms with Crippen LogP contribution in [0.15, 0.2) is 24.3 Å². The van der Waals surface area contributed by atoms with Crippen LogP contribution in [0, 0.1) is 11.2 Å². The van der Waals surface area contributed by atoms with Crippen LogP contribution < -0.4 is 10.2 Å². The Morgan fingerprint density at radius 1 is 1.13 bits per heavy atom. The Kier molecular flexibility index (Phi) is 4.20. The SMILES string of the molecule is CC1(C)OB(c2ccc(OC3CCB(C#N)C3)cc2)OC1(C)C. The number of nitriles is 1. The maximum atomic E-state index is 8.96. The van der Waals surface area contributed by atoms with E-state index in [2.05, 4.69) is 33.7 Å². The molecule has 0 aliphatic carbocycles. The van der Waals surface area contributed by atoms with Gasteiger partial charge in [-0.1, -0.05) is 18.5 Å². The second-order valence-corrected chi connectivity index (χ2v) is 7.54. The molecular weight excluding hydrogens is 288 g/mol. The van der Waals surface area contributed by atoms with Crippen molar-refractivity contribution in [2.24, 2.45) is 0 Å². The van der Waals surface area contributed by atoms with E-state index in [9.17, 15) is 0 Å². The van der Waals surface area contributed by atoms with Gasteiger partial charge in [-0.05, 0) is 58.0 Å². The van der Waals surface area contributed by atoms with Gasteiger partial charge in [-0.3, -0.25) is 0 Å². The van der Waals surface area contributed by atoms with Crippen LogP contribution in [0.3, 0.4) is 0 Å². The highest BCUT2D eigenvalue weighted by atomic mass is 16.7. The molecule has 0 radical (unpaired) electrons. The van der Waals surface area contributed by atoms with Gasteiger partial charge in [0.05, 0.1) is 17.3 Å². The molecule has 4 nitrogen and oxygen atoms in total. The minimum atomic E-state index is -0.344. The standard InChI is InChI=1S/C17H23B2NO3/c1-16(2)17(3,4)23-19(22-16)13-5-7-14(8-6-13)21-15-9-10-18(11-15)12-20/h5-8,15H,9-11H2,1-4H3. The second-order valence-electron chi connectivity index (χ2n) is 7.54. The summed E-state index contributed by atoms with van der Waals surface area (Å²) in [5.74, 6) is 3.17. The molecule has 23 heavy (non-hydrogen) atoms. The van der Waals surface area contributed by atoms with Crippen LogP contribution in [-0.4, -0.2) is 31.1 Å². The molecule has 2 heterocycles. The minimum Gasteiger partial charge on any atom is -0.491 e. The number of rotatable bonds is 3. The Labute approximate surface area is 139 Å². The molecule has 0 N–H and O–H groups in total. The average Bonchev–Trinajstić information content (AvgIpc) is 3.02. The molecule has 3 rings (SSSR count). The van der Waals surface area contributed by atoms with E-state index in [1.807, 2.05) is 24.3 Å². The highest BCUT2D eigenvalue weighted by Crippen LogP contribution is 2.36. The third kappa shape index (κ3) is 3.27. The molecule has 1 aromatic rings. The minimum absolute atomic E-state index is 0.143. The lowest BCUT2D eigenvalue weighted by molar-refractivity contribution is 0.00578. The average molecular weight is 311 g/mol. The molecule has 0 bridgehead atoms. The van der Waals surface area contributed by atoms with E-state index in [1.165, 1.54) is 0 Å². The lowest BCUT2D eigenvalue weighted by Crippen LogP contribution is -2.41. The molecule has 120 valence electrons. The van der Waals surface area contributed by atoms with Gasteiger partial charge >= 0.3 is 7.12 Å². The third-order valence-electron chi connectivity index (χ3n) is 5.28. The van der Waals surface area contributed by atoms with E-state index >= 15 is 0 Å². The van der Waals surface area contributed by atoms with E-state index in [-0.39, 0.29) is 31.1 Å². The Balaban J connectivity index is 1.63. The molecule has 6 heteroatoms.